The van der Waals surface area contributed by atoms with E-state index in [-0.39, 0.29) is 11.9 Å². The van der Waals surface area contributed by atoms with Crippen LogP contribution in [0, 0.1) is 0 Å². The fourth-order valence-corrected chi connectivity index (χ4v) is 2.75. The molecule has 1 aromatic rings. The average Bonchev–Trinajstić information content (AvgIpc) is 2.80. The molecule has 1 fully saturated rings. The highest BCUT2D eigenvalue weighted by atomic mass is 32.2. The van der Waals surface area contributed by atoms with Crippen LogP contribution in [0.4, 0.5) is 4.79 Å². The summed E-state index contributed by atoms with van der Waals surface area (Å²) >= 11 is 1.62. The third-order valence-corrected chi connectivity index (χ3v) is 4.12. The first-order chi connectivity index (χ1) is 8.92. The minimum absolute atomic E-state index is 0.153. The Labute approximate surface area is 116 Å². The van der Waals surface area contributed by atoms with E-state index in [0.717, 1.165) is 17.3 Å². The molecule has 0 atom stereocenters. The van der Waals surface area contributed by atoms with Crippen molar-refractivity contribution in [1.82, 2.24) is 19.8 Å². The van der Waals surface area contributed by atoms with Gasteiger partial charge in [-0.3, -0.25) is 9.69 Å². The Hall–Kier alpha value is -1.50. The molecule has 0 radical (unpaired) electrons. The number of carbonyl (C=O) groups excluding carboxylic acids is 2. The highest BCUT2D eigenvalue weighted by Crippen LogP contribution is 2.19. The van der Waals surface area contributed by atoms with Gasteiger partial charge in [-0.1, -0.05) is 11.8 Å². The Morgan fingerprint density at radius 1 is 1.42 bits per heavy atom. The number of imidazole rings is 1. The van der Waals surface area contributed by atoms with Crippen LogP contribution in [-0.4, -0.2) is 44.2 Å². The van der Waals surface area contributed by atoms with Crippen LogP contribution in [0.15, 0.2) is 17.6 Å². The summed E-state index contributed by atoms with van der Waals surface area (Å²) in [4.78, 5) is 29.1. The quantitative estimate of drug-likeness (QED) is 0.501. The van der Waals surface area contributed by atoms with E-state index in [9.17, 15) is 9.59 Å². The molecule has 6 nitrogen and oxygen atoms in total. The standard InChI is InChI=1S/C12H18N4O2S/c1-12(2)9(17)16(10(18)14-12)6-4-8-19-11-13-5-7-15(11)3/h5,7H,4,6,8H2,1-3H3,(H,14,18). The van der Waals surface area contributed by atoms with E-state index in [4.69, 9.17) is 0 Å². The van der Waals surface area contributed by atoms with Crippen LogP contribution in [-0.2, 0) is 11.8 Å². The van der Waals surface area contributed by atoms with Crippen molar-refractivity contribution in [3.05, 3.63) is 12.4 Å². The molecule has 1 saturated heterocycles. The molecule has 3 amide bonds. The highest BCUT2D eigenvalue weighted by Gasteiger charge is 2.43. The SMILES string of the molecule is Cn1ccnc1SCCCN1C(=O)NC(C)(C)C1=O. The van der Waals surface area contributed by atoms with Gasteiger partial charge in [-0.25, -0.2) is 9.78 Å². The second kappa shape index (κ2) is 5.24. The molecule has 0 spiro atoms. The van der Waals surface area contributed by atoms with Crippen molar-refractivity contribution < 1.29 is 9.59 Å². The van der Waals surface area contributed by atoms with E-state index in [0.29, 0.717) is 6.54 Å². The summed E-state index contributed by atoms with van der Waals surface area (Å²) in [7, 11) is 1.94. The van der Waals surface area contributed by atoms with E-state index >= 15 is 0 Å². The van der Waals surface area contributed by atoms with Gasteiger partial charge in [0.2, 0.25) is 0 Å². The Morgan fingerprint density at radius 3 is 2.68 bits per heavy atom. The molecule has 19 heavy (non-hydrogen) atoms. The summed E-state index contributed by atoms with van der Waals surface area (Å²) in [5.41, 5.74) is -0.774. The zero-order chi connectivity index (χ0) is 14.0. The maximum absolute atomic E-state index is 11.9. The molecule has 0 saturated carbocycles. The second-order valence-corrected chi connectivity index (χ2v) is 6.10. The van der Waals surface area contributed by atoms with Crippen LogP contribution in [0.5, 0.6) is 0 Å². The number of thioether (sulfide) groups is 1. The van der Waals surface area contributed by atoms with Gasteiger partial charge in [-0.05, 0) is 20.3 Å². The van der Waals surface area contributed by atoms with E-state index in [2.05, 4.69) is 10.3 Å². The summed E-state index contributed by atoms with van der Waals surface area (Å²) in [6, 6.07) is -0.294. The van der Waals surface area contributed by atoms with E-state index in [1.54, 1.807) is 31.8 Å². The number of hydrogen-bond acceptors (Lipinski definition) is 4. The molecule has 7 heteroatoms. The number of urea groups is 1. The van der Waals surface area contributed by atoms with Crippen molar-refractivity contribution in [3.63, 3.8) is 0 Å². The van der Waals surface area contributed by atoms with Gasteiger partial charge < -0.3 is 9.88 Å². The van der Waals surface area contributed by atoms with Crippen LogP contribution in [0.25, 0.3) is 0 Å². The Morgan fingerprint density at radius 2 is 2.16 bits per heavy atom. The average molecular weight is 282 g/mol. The van der Waals surface area contributed by atoms with Crippen LogP contribution in [0.3, 0.4) is 0 Å². The first-order valence-electron chi connectivity index (χ1n) is 6.16. The summed E-state index contributed by atoms with van der Waals surface area (Å²) in [6.45, 7) is 3.89. The maximum Gasteiger partial charge on any atom is 0.325 e. The fraction of sp³-hybridized carbons (Fsp3) is 0.583. The van der Waals surface area contributed by atoms with Crippen LogP contribution >= 0.6 is 11.8 Å². The lowest BCUT2D eigenvalue weighted by Crippen LogP contribution is -2.40. The number of hydrogen-bond donors (Lipinski definition) is 1. The van der Waals surface area contributed by atoms with Gasteiger partial charge in [0.1, 0.15) is 5.54 Å². The molecule has 1 aromatic heterocycles. The van der Waals surface area contributed by atoms with Crippen molar-refractivity contribution in [3.8, 4) is 0 Å². The molecule has 2 rings (SSSR count). The Bertz CT molecular complexity index is 498. The van der Waals surface area contributed by atoms with Crippen molar-refractivity contribution in [2.24, 2.45) is 7.05 Å². The molecular weight excluding hydrogens is 264 g/mol. The third-order valence-electron chi connectivity index (χ3n) is 2.98. The molecule has 0 unspecified atom stereocenters. The molecule has 0 aliphatic carbocycles. The lowest BCUT2D eigenvalue weighted by Gasteiger charge is -2.15. The third kappa shape index (κ3) is 2.91. The normalized spacial score (nSPS) is 17.9. The molecule has 1 N–H and O–H groups in total. The molecule has 2 heterocycles. The number of rotatable bonds is 5. The summed E-state index contributed by atoms with van der Waals surface area (Å²) in [6.07, 6.45) is 4.40. The van der Waals surface area contributed by atoms with E-state index < -0.39 is 5.54 Å². The first kappa shape index (κ1) is 13.9. The van der Waals surface area contributed by atoms with Crippen LogP contribution in [0.2, 0.25) is 0 Å². The molecule has 0 bridgehead atoms. The summed E-state index contributed by atoms with van der Waals surface area (Å²) in [5, 5.41) is 3.61. The van der Waals surface area contributed by atoms with Gasteiger partial charge in [0.15, 0.2) is 5.16 Å². The highest BCUT2D eigenvalue weighted by molar-refractivity contribution is 7.99. The summed E-state index contributed by atoms with van der Waals surface area (Å²) < 4.78 is 1.95. The van der Waals surface area contributed by atoms with Gasteiger partial charge in [-0.15, -0.1) is 0 Å². The summed E-state index contributed by atoms with van der Waals surface area (Å²) in [5.74, 6) is 0.669. The molecule has 0 aromatic carbocycles. The van der Waals surface area contributed by atoms with Crippen molar-refractivity contribution in [1.29, 1.82) is 0 Å². The Balaban J connectivity index is 1.79. The second-order valence-electron chi connectivity index (χ2n) is 5.03. The van der Waals surface area contributed by atoms with Crippen molar-refractivity contribution in [2.75, 3.05) is 12.3 Å². The predicted octanol–water partition coefficient (Wildman–Crippen LogP) is 1.23. The number of imide groups is 1. The largest absolute Gasteiger partial charge is 0.329 e. The van der Waals surface area contributed by atoms with E-state index in [1.807, 2.05) is 17.8 Å². The minimum atomic E-state index is -0.774. The van der Waals surface area contributed by atoms with Crippen molar-refractivity contribution >= 4 is 23.7 Å². The lowest BCUT2D eigenvalue weighted by atomic mass is 10.1. The van der Waals surface area contributed by atoms with Gasteiger partial charge >= 0.3 is 6.03 Å². The monoisotopic (exact) mass is 282 g/mol. The van der Waals surface area contributed by atoms with Gasteiger partial charge in [0.05, 0.1) is 0 Å². The van der Waals surface area contributed by atoms with Gasteiger partial charge in [0.25, 0.3) is 5.91 Å². The molecule has 104 valence electrons. The number of nitrogens with one attached hydrogen (secondary N) is 1. The Kier molecular flexibility index (Phi) is 3.84. The minimum Gasteiger partial charge on any atom is -0.329 e. The van der Waals surface area contributed by atoms with Crippen LogP contribution < -0.4 is 5.32 Å². The number of nitrogens with zero attached hydrogens (tertiary/aromatic N) is 3. The van der Waals surface area contributed by atoms with Gasteiger partial charge in [-0.2, -0.15) is 0 Å². The number of aromatic nitrogens is 2. The van der Waals surface area contributed by atoms with Gasteiger partial charge in [0, 0.05) is 31.7 Å². The topological polar surface area (TPSA) is 67.2 Å². The first-order valence-corrected chi connectivity index (χ1v) is 7.14. The maximum atomic E-state index is 11.9. The zero-order valence-electron chi connectivity index (χ0n) is 11.3. The molecule has 1 aliphatic heterocycles. The fourth-order valence-electron chi connectivity index (χ4n) is 1.90. The molecule has 1 aliphatic rings. The smallest absolute Gasteiger partial charge is 0.325 e. The van der Waals surface area contributed by atoms with Crippen molar-refractivity contribution in [2.45, 2.75) is 31.0 Å². The lowest BCUT2D eigenvalue weighted by molar-refractivity contribution is -0.130. The molecular formula is C12H18N4O2S. The van der Waals surface area contributed by atoms with E-state index in [1.165, 1.54) is 4.90 Å². The van der Waals surface area contributed by atoms with Crippen LogP contribution in [0.1, 0.15) is 20.3 Å². The predicted molar refractivity (Wildman–Crippen MR) is 72.9 cm³/mol. The number of amides is 3. The number of aryl methyl sites for hydroxylation is 1. The number of carbonyl (C=O) groups is 2. The zero-order valence-corrected chi connectivity index (χ0v) is 12.2.